The molecular formula is C25H31FN2O2. The van der Waals surface area contributed by atoms with Gasteiger partial charge in [0, 0.05) is 36.0 Å². The van der Waals surface area contributed by atoms with E-state index in [9.17, 15) is 14.3 Å². The summed E-state index contributed by atoms with van der Waals surface area (Å²) in [5.74, 6) is 0.265. The van der Waals surface area contributed by atoms with Crippen LogP contribution in [0.25, 0.3) is 11.1 Å². The Hall–Kier alpha value is -2.24. The van der Waals surface area contributed by atoms with Gasteiger partial charge < -0.3 is 10.4 Å². The summed E-state index contributed by atoms with van der Waals surface area (Å²) in [5, 5.41) is 13.2. The molecule has 0 radical (unpaired) electrons. The van der Waals surface area contributed by atoms with Gasteiger partial charge >= 0.3 is 0 Å². The number of aliphatic hydroxyl groups is 1. The van der Waals surface area contributed by atoms with Crippen LogP contribution in [0.2, 0.25) is 0 Å². The van der Waals surface area contributed by atoms with Gasteiger partial charge in [0.1, 0.15) is 5.82 Å². The van der Waals surface area contributed by atoms with Gasteiger partial charge in [0.15, 0.2) is 0 Å². The molecule has 0 bridgehead atoms. The van der Waals surface area contributed by atoms with Crippen LogP contribution in [-0.4, -0.2) is 47.7 Å². The van der Waals surface area contributed by atoms with E-state index in [0.29, 0.717) is 12.1 Å². The van der Waals surface area contributed by atoms with Gasteiger partial charge in [-0.25, -0.2) is 4.39 Å². The lowest BCUT2D eigenvalue weighted by atomic mass is 9.74. The van der Waals surface area contributed by atoms with E-state index in [2.05, 4.69) is 17.1 Å². The molecule has 5 heteroatoms. The lowest BCUT2D eigenvalue weighted by molar-refractivity contribution is -0.128. The maximum Gasteiger partial charge on any atom is 0.223 e. The Morgan fingerprint density at radius 1 is 1.13 bits per heavy atom. The van der Waals surface area contributed by atoms with Gasteiger partial charge in [-0.2, -0.15) is 0 Å². The van der Waals surface area contributed by atoms with Gasteiger partial charge in [-0.1, -0.05) is 55.8 Å². The molecule has 3 atom stereocenters. The molecule has 2 aromatic rings. The highest BCUT2D eigenvalue weighted by Gasteiger charge is 2.48. The number of nitrogens with zero attached hydrogens (tertiary/aromatic N) is 1. The zero-order chi connectivity index (χ0) is 21.1. The van der Waals surface area contributed by atoms with Crippen LogP contribution in [0, 0.1) is 11.7 Å². The number of likely N-dealkylation sites (tertiary alicyclic amines) is 1. The molecule has 1 saturated carbocycles. The van der Waals surface area contributed by atoms with E-state index in [1.54, 1.807) is 12.1 Å². The van der Waals surface area contributed by atoms with Crippen LogP contribution >= 0.6 is 0 Å². The number of rotatable bonds is 8. The van der Waals surface area contributed by atoms with Crippen molar-refractivity contribution >= 4 is 5.91 Å². The van der Waals surface area contributed by atoms with Crippen molar-refractivity contribution in [1.29, 1.82) is 0 Å². The standard InChI is InChI=1S/C25H31FN2O2/c1-2-14-28-22(15-27-25(30)19-6-5-7-19)24(23(28)16-29)18-12-10-17(11-13-18)20-8-3-4-9-21(20)26/h3-4,8-13,19,22-24,29H,2,5-7,14-16H2,1H3,(H,27,30)/t22-,23+,24+/m0/s1. The molecule has 2 N–H and O–H groups in total. The average molecular weight is 411 g/mol. The van der Waals surface area contributed by atoms with E-state index in [1.165, 1.54) is 6.07 Å². The second-order valence-corrected chi connectivity index (χ2v) is 8.56. The molecule has 2 aromatic carbocycles. The van der Waals surface area contributed by atoms with Gasteiger partial charge in [-0.15, -0.1) is 0 Å². The van der Waals surface area contributed by atoms with Crippen molar-refractivity contribution in [3.63, 3.8) is 0 Å². The van der Waals surface area contributed by atoms with Crippen molar-refractivity contribution < 1.29 is 14.3 Å². The second-order valence-electron chi connectivity index (χ2n) is 8.56. The molecule has 4 nitrogen and oxygen atoms in total. The Morgan fingerprint density at radius 3 is 2.47 bits per heavy atom. The van der Waals surface area contributed by atoms with E-state index < -0.39 is 0 Å². The van der Waals surface area contributed by atoms with Crippen molar-refractivity contribution in [2.75, 3.05) is 19.7 Å². The number of benzene rings is 2. The Morgan fingerprint density at radius 2 is 1.87 bits per heavy atom. The summed E-state index contributed by atoms with van der Waals surface area (Å²) >= 11 is 0. The molecular weight excluding hydrogens is 379 g/mol. The summed E-state index contributed by atoms with van der Waals surface area (Å²) in [6.45, 7) is 3.73. The van der Waals surface area contributed by atoms with Gasteiger partial charge in [0.05, 0.1) is 6.61 Å². The molecule has 1 aliphatic heterocycles. The van der Waals surface area contributed by atoms with Crippen molar-refractivity contribution in [2.45, 2.75) is 50.6 Å². The molecule has 1 heterocycles. The first-order valence-electron chi connectivity index (χ1n) is 11.1. The highest BCUT2D eigenvalue weighted by molar-refractivity contribution is 5.79. The molecule has 1 saturated heterocycles. The average Bonchev–Trinajstić information content (AvgIpc) is 2.70. The van der Waals surface area contributed by atoms with Crippen molar-refractivity contribution in [3.05, 3.63) is 59.9 Å². The number of hydrogen-bond donors (Lipinski definition) is 2. The minimum Gasteiger partial charge on any atom is -0.395 e. The summed E-state index contributed by atoms with van der Waals surface area (Å²) in [4.78, 5) is 14.7. The molecule has 1 amide bonds. The predicted octanol–water partition coefficient (Wildman–Crippen LogP) is 3.95. The van der Waals surface area contributed by atoms with Crippen LogP contribution in [-0.2, 0) is 4.79 Å². The molecule has 4 rings (SSSR count). The number of aliphatic hydroxyl groups excluding tert-OH is 1. The quantitative estimate of drug-likeness (QED) is 0.693. The maximum atomic E-state index is 14.1. The first-order chi connectivity index (χ1) is 14.6. The van der Waals surface area contributed by atoms with Crippen LogP contribution < -0.4 is 5.32 Å². The zero-order valence-electron chi connectivity index (χ0n) is 17.6. The summed E-state index contributed by atoms with van der Waals surface area (Å²) in [7, 11) is 0. The predicted molar refractivity (Wildman–Crippen MR) is 117 cm³/mol. The molecule has 2 fully saturated rings. The van der Waals surface area contributed by atoms with Crippen molar-refractivity contribution in [1.82, 2.24) is 10.2 Å². The number of hydrogen-bond acceptors (Lipinski definition) is 3. The van der Waals surface area contributed by atoms with Gasteiger partial charge in [-0.05, 0) is 43.0 Å². The normalized spacial score (nSPS) is 24.2. The third kappa shape index (κ3) is 4.01. The van der Waals surface area contributed by atoms with E-state index in [0.717, 1.165) is 43.4 Å². The van der Waals surface area contributed by atoms with Gasteiger partial charge in [0.2, 0.25) is 5.91 Å². The lowest BCUT2D eigenvalue weighted by Gasteiger charge is -2.55. The van der Waals surface area contributed by atoms with E-state index in [-0.39, 0.29) is 42.3 Å². The second kappa shape index (κ2) is 9.27. The summed E-state index contributed by atoms with van der Waals surface area (Å²) < 4.78 is 14.1. The number of carbonyl (C=O) groups excluding carboxylic acids is 1. The molecule has 0 unspecified atom stereocenters. The maximum absolute atomic E-state index is 14.1. The smallest absolute Gasteiger partial charge is 0.223 e. The van der Waals surface area contributed by atoms with Crippen LogP contribution in [0.1, 0.15) is 44.1 Å². The van der Waals surface area contributed by atoms with Crippen LogP contribution in [0.4, 0.5) is 4.39 Å². The van der Waals surface area contributed by atoms with E-state index in [4.69, 9.17) is 0 Å². The third-order valence-electron chi connectivity index (χ3n) is 6.79. The fraction of sp³-hybridized carbons (Fsp3) is 0.480. The topological polar surface area (TPSA) is 52.6 Å². The minimum absolute atomic E-state index is 0.0508. The Balaban J connectivity index is 1.51. The van der Waals surface area contributed by atoms with Crippen LogP contribution in [0.5, 0.6) is 0 Å². The fourth-order valence-electron chi connectivity index (χ4n) is 4.91. The van der Waals surface area contributed by atoms with Crippen LogP contribution in [0.15, 0.2) is 48.5 Å². The number of amides is 1. The Kier molecular flexibility index (Phi) is 6.49. The third-order valence-corrected chi connectivity index (χ3v) is 6.79. The number of nitrogens with one attached hydrogen (secondary N) is 1. The monoisotopic (exact) mass is 410 g/mol. The van der Waals surface area contributed by atoms with Crippen molar-refractivity contribution in [2.24, 2.45) is 5.92 Å². The summed E-state index contributed by atoms with van der Waals surface area (Å²) in [6.07, 6.45) is 4.14. The van der Waals surface area contributed by atoms with E-state index in [1.807, 2.05) is 30.3 Å². The largest absolute Gasteiger partial charge is 0.395 e. The zero-order valence-corrected chi connectivity index (χ0v) is 17.6. The Labute approximate surface area is 178 Å². The van der Waals surface area contributed by atoms with Crippen molar-refractivity contribution in [3.8, 4) is 11.1 Å². The fourth-order valence-corrected chi connectivity index (χ4v) is 4.91. The molecule has 160 valence electrons. The number of halogens is 1. The Bertz CT molecular complexity index is 866. The van der Waals surface area contributed by atoms with Gasteiger partial charge in [-0.3, -0.25) is 9.69 Å². The minimum atomic E-state index is -0.229. The number of carbonyl (C=O) groups is 1. The summed E-state index contributed by atoms with van der Waals surface area (Å²) in [5.41, 5.74) is 2.56. The summed E-state index contributed by atoms with van der Waals surface area (Å²) in [6, 6.07) is 15.0. The lowest BCUT2D eigenvalue weighted by Crippen LogP contribution is -2.67. The SMILES string of the molecule is CCCN1[C@H](CO)[C@H](c2ccc(-c3ccccc3F)cc2)[C@@H]1CNC(=O)C1CCC1. The first-order valence-corrected chi connectivity index (χ1v) is 11.1. The highest BCUT2D eigenvalue weighted by Crippen LogP contribution is 2.41. The molecule has 2 aliphatic rings. The molecule has 30 heavy (non-hydrogen) atoms. The first kappa shape index (κ1) is 21.0. The molecule has 0 aromatic heterocycles. The highest BCUT2D eigenvalue weighted by atomic mass is 19.1. The van der Waals surface area contributed by atoms with Gasteiger partial charge in [0.25, 0.3) is 0 Å². The van der Waals surface area contributed by atoms with Crippen LogP contribution in [0.3, 0.4) is 0 Å². The van der Waals surface area contributed by atoms with E-state index >= 15 is 0 Å². The molecule has 0 spiro atoms. The molecule has 1 aliphatic carbocycles.